The highest BCUT2D eigenvalue weighted by Gasteiger charge is 2.19. The molecule has 5 nitrogen and oxygen atoms in total. The summed E-state index contributed by atoms with van der Waals surface area (Å²) >= 11 is 0. The third kappa shape index (κ3) is 2.41. The van der Waals surface area contributed by atoms with Gasteiger partial charge in [-0.3, -0.25) is 0 Å². The van der Waals surface area contributed by atoms with Gasteiger partial charge in [0.1, 0.15) is 5.75 Å². The van der Waals surface area contributed by atoms with Crippen LogP contribution in [0.5, 0.6) is 11.5 Å². The number of carboxylic acids is 1. The van der Waals surface area contributed by atoms with E-state index in [4.69, 9.17) is 4.74 Å². The molecule has 21 heavy (non-hydrogen) atoms. The number of carboxylic acid groups (broad SMARTS) is 1. The lowest BCUT2D eigenvalue weighted by atomic mass is 10.2. The molecule has 1 N–H and O–H groups in total. The van der Waals surface area contributed by atoms with Crippen molar-refractivity contribution >= 4 is 16.9 Å². The molecule has 0 unspecified atom stereocenters. The predicted molar refractivity (Wildman–Crippen MR) is 77.8 cm³/mol. The van der Waals surface area contributed by atoms with Crippen LogP contribution >= 0.6 is 0 Å². The van der Waals surface area contributed by atoms with E-state index in [0.29, 0.717) is 16.7 Å². The van der Waals surface area contributed by atoms with Crippen LogP contribution in [0.2, 0.25) is 0 Å². The second kappa shape index (κ2) is 5.20. The van der Waals surface area contributed by atoms with Gasteiger partial charge in [0, 0.05) is 5.39 Å². The molecule has 0 radical (unpaired) electrons. The molecule has 0 atom stereocenters. The van der Waals surface area contributed by atoms with Gasteiger partial charge in [-0.1, -0.05) is 30.3 Å². The smallest absolute Gasteiger partial charge is 0.360 e. The zero-order valence-corrected chi connectivity index (χ0v) is 11.3. The summed E-state index contributed by atoms with van der Waals surface area (Å²) in [5.74, 6) is -0.364. The van der Waals surface area contributed by atoms with Gasteiger partial charge in [-0.05, 0) is 30.7 Å². The topological polar surface area (TPSA) is 72.3 Å². The van der Waals surface area contributed by atoms with E-state index >= 15 is 0 Å². The molecule has 2 aromatic carbocycles. The third-order valence-corrected chi connectivity index (χ3v) is 3.13. The zero-order chi connectivity index (χ0) is 14.8. The molecule has 5 heteroatoms. The van der Waals surface area contributed by atoms with E-state index in [1.54, 1.807) is 24.3 Å². The van der Waals surface area contributed by atoms with E-state index in [9.17, 15) is 9.90 Å². The number of hydrogen-bond donors (Lipinski definition) is 1. The van der Waals surface area contributed by atoms with Crippen molar-refractivity contribution in [3.63, 3.8) is 0 Å². The Morgan fingerprint density at radius 1 is 1.05 bits per heavy atom. The summed E-state index contributed by atoms with van der Waals surface area (Å²) in [6.45, 7) is 1.90. The van der Waals surface area contributed by atoms with E-state index in [2.05, 4.69) is 10.2 Å². The first kappa shape index (κ1) is 13.1. The Bertz CT molecular complexity index is 831. The standard InChI is InChI=1S/C16H12N2O3/c1-10-6-2-5-9-13(10)21-15-11-7-3-4-8-12(11)17-18-14(15)16(19)20/h2-9H,1H3,(H,19,20). The Morgan fingerprint density at radius 2 is 1.76 bits per heavy atom. The maximum absolute atomic E-state index is 11.4. The highest BCUT2D eigenvalue weighted by atomic mass is 16.5. The second-order valence-electron chi connectivity index (χ2n) is 4.57. The lowest BCUT2D eigenvalue weighted by molar-refractivity contribution is 0.0686. The number of carbonyl (C=O) groups is 1. The van der Waals surface area contributed by atoms with Crippen molar-refractivity contribution in [2.75, 3.05) is 0 Å². The summed E-state index contributed by atoms with van der Waals surface area (Å²) in [5, 5.41) is 17.6. The average Bonchev–Trinajstić information content (AvgIpc) is 2.49. The minimum Gasteiger partial charge on any atom is -0.476 e. The molecule has 0 saturated carbocycles. The van der Waals surface area contributed by atoms with Gasteiger partial charge in [0.25, 0.3) is 0 Å². The third-order valence-electron chi connectivity index (χ3n) is 3.13. The van der Waals surface area contributed by atoms with Crippen molar-refractivity contribution in [2.24, 2.45) is 0 Å². The number of hydrogen-bond acceptors (Lipinski definition) is 4. The Labute approximate surface area is 120 Å². The maximum Gasteiger partial charge on any atom is 0.360 e. The molecule has 0 aliphatic carbocycles. The highest BCUT2D eigenvalue weighted by Crippen LogP contribution is 2.32. The SMILES string of the molecule is Cc1ccccc1Oc1c(C(=O)O)nnc2ccccc12. The summed E-state index contributed by atoms with van der Waals surface area (Å²) in [6, 6.07) is 14.6. The Morgan fingerprint density at radius 3 is 2.52 bits per heavy atom. The average molecular weight is 280 g/mol. The first-order chi connectivity index (χ1) is 10.2. The van der Waals surface area contributed by atoms with Gasteiger partial charge in [0.05, 0.1) is 5.52 Å². The monoisotopic (exact) mass is 280 g/mol. The molecular formula is C16H12N2O3. The van der Waals surface area contributed by atoms with Gasteiger partial charge in [0.15, 0.2) is 5.75 Å². The second-order valence-corrected chi connectivity index (χ2v) is 4.57. The zero-order valence-electron chi connectivity index (χ0n) is 11.3. The van der Waals surface area contributed by atoms with E-state index in [1.165, 1.54) is 0 Å². The van der Waals surface area contributed by atoms with E-state index < -0.39 is 5.97 Å². The minimum atomic E-state index is -1.17. The van der Waals surface area contributed by atoms with Crippen LogP contribution in [-0.4, -0.2) is 21.3 Å². The van der Waals surface area contributed by atoms with Crippen LogP contribution in [0.15, 0.2) is 48.5 Å². The number of aryl methyl sites for hydroxylation is 1. The fourth-order valence-corrected chi connectivity index (χ4v) is 2.05. The number of benzene rings is 2. The summed E-state index contributed by atoms with van der Waals surface area (Å²) in [6.07, 6.45) is 0. The van der Waals surface area contributed by atoms with Crippen LogP contribution in [0.3, 0.4) is 0 Å². The number of rotatable bonds is 3. The van der Waals surface area contributed by atoms with Crippen molar-refractivity contribution in [1.29, 1.82) is 0 Å². The molecule has 0 amide bonds. The van der Waals surface area contributed by atoms with Crippen molar-refractivity contribution in [1.82, 2.24) is 10.2 Å². The van der Waals surface area contributed by atoms with Crippen LogP contribution in [0.4, 0.5) is 0 Å². The van der Waals surface area contributed by atoms with E-state index in [-0.39, 0.29) is 11.4 Å². The number of fused-ring (bicyclic) bond motifs is 1. The van der Waals surface area contributed by atoms with Crippen molar-refractivity contribution < 1.29 is 14.6 Å². The quantitative estimate of drug-likeness (QED) is 0.795. The lowest BCUT2D eigenvalue weighted by Crippen LogP contribution is -2.06. The fourth-order valence-electron chi connectivity index (χ4n) is 2.05. The largest absolute Gasteiger partial charge is 0.476 e. The van der Waals surface area contributed by atoms with Gasteiger partial charge in [-0.2, -0.15) is 0 Å². The molecule has 3 rings (SSSR count). The van der Waals surface area contributed by atoms with Crippen molar-refractivity contribution in [3.8, 4) is 11.5 Å². The first-order valence-electron chi connectivity index (χ1n) is 6.39. The van der Waals surface area contributed by atoms with Crippen molar-refractivity contribution in [3.05, 3.63) is 59.8 Å². The molecule has 1 aromatic heterocycles. The van der Waals surface area contributed by atoms with E-state index in [1.807, 2.05) is 31.2 Å². The van der Waals surface area contributed by atoms with Gasteiger partial charge in [0.2, 0.25) is 5.69 Å². The van der Waals surface area contributed by atoms with Gasteiger partial charge in [-0.25, -0.2) is 4.79 Å². The number of aromatic carboxylic acids is 1. The molecular weight excluding hydrogens is 268 g/mol. The maximum atomic E-state index is 11.4. The lowest BCUT2D eigenvalue weighted by Gasteiger charge is -2.12. The number of ether oxygens (including phenoxy) is 1. The van der Waals surface area contributed by atoms with Gasteiger partial charge < -0.3 is 9.84 Å². The molecule has 0 bridgehead atoms. The summed E-state index contributed by atoms with van der Waals surface area (Å²) < 4.78 is 5.83. The molecule has 104 valence electrons. The Kier molecular flexibility index (Phi) is 3.23. The summed E-state index contributed by atoms with van der Waals surface area (Å²) in [4.78, 5) is 11.4. The molecule has 0 aliphatic heterocycles. The molecule has 0 fully saturated rings. The Balaban J connectivity index is 2.21. The minimum absolute atomic E-state index is 0.197. The number of para-hydroxylation sites is 1. The highest BCUT2D eigenvalue weighted by molar-refractivity contribution is 5.97. The molecule has 3 aromatic rings. The number of aromatic nitrogens is 2. The van der Waals surface area contributed by atoms with Crippen LogP contribution in [0, 0.1) is 6.92 Å². The fraction of sp³-hybridized carbons (Fsp3) is 0.0625. The van der Waals surface area contributed by atoms with Gasteiger partial charge in [-0.15, -0.1) is 10.2 Å². The van der Waals surface area contributed by atoms with Crippen LogP contribution in [-0.2, 0) is 0 Å². The first-order valence-corrected chi connectivity index (χ1v) is 6.39. The molecule has 0 aliphatic rings. The molecule has 0 spiro atoms. The van der Waals surface area contributed by atoms with Crippen molar-refractivity contribution in [2.45, 2.75) is 6.92 Å². The molecule has 1 heterocycles. The van der Waals surface area contributed by atoms with Crippen LogP contribution in [0.1, 0.15) is 16.1 Å². The van der Waals surface area contributed by atoms with Crippen LogP contribution in [0.25, 0.3) is 10.9 Å². The van der Waals surface area contributed by atoms with Crippen LogP contribution < -0.4 is 4.74 Å². The Hall–Kier alpha value is -2.95. The van der Waals surface area contributed by atoms with E-state index in [0.717, 1.165) is 5.56 Å². The summed E-state index contributed by atoms with van der Waals surface area (Å²) in [7, 11) is 0. The van der Waals surface area contributed by atoms with Gasteiger partial charge >= 0.3 is 5.97 Å². The molecule has 0 saturated heterocycles. The predicted octanol–water partition coefficient (Wildman–Crippen LogP) is 3.43. The number of nitrogens with zero attached hydrogens (tertiary/aromatic N) is 2. The normalized spacial score (nSPS) is 10.5. The summed E-state index contributed by atoms with van der Waals surface area (Å²) in [5.41, 5.74) is 1.30.